The van der Waals surface area contributed by atoms with E-state index in [1.807, 2.05) is 140 Å². The third-order valence-corrected chi connectivity index (χ3v) is 8.49. The molecule has 7 nitrogen and oxygen atoms in total. The van der Waals surface area contributed by atoms with Crippen molar-refractivity contribution >= 4 is 28.9 Å². The van der Waals surface area contributed by atoms with Gasteiger partial charge in [-0.3, -0.25) is 14.6 Å². The molecule has 1 heterocycles. The third kappa shape index (κ3) is 11.7. The normalized spacial score (nSPS) is 11.1. The van der Waals surface area contributed by atoms with E-state index in [2.05, 4.69) is 62.5 Å². The van der Waals surface area contributed by atoms with Crippen LogP contribution in [0.25, 0.3) is 0 Å². The van der Waals surface area contributed by atoms with E-state index in [1.54, 1.807) is 12.4 Å². The number of amides is 2. The number of hydrogen-bond acceptors (Lipinski definition) is 5. The Morgan fingerprint density at radius 3 is 1.47 bits per heavy atom. The number of hydrogen-bond donors (Lipinski definition) is 3. The number of para-hydroxylation sites is 1. The van der Waals surface area contributed by atoms with Crippen LogP contribution in [-0.4, -0.2) is 16.8 Å². The molecule has 0 atom stereocenters. The summed E-state index contributed by atoms with van der Waals surface area (Å²) in [6.07, 6.45) is 3.34. The van der Waals surface area contributed by atoms with Crippen molar-refractivity contribution in [2.75, 3.05) is 16.0 Å². The van der Waals surface area contributed by atoms with E-state index >= 15 is 0 Å². The molecule has 0 fully saturated rings. The van der Waals surface area contributed by atoms with Gasteiger partial charge in [-0.1, -0.05) is 96.1 Å². The minimum atomic E-state index is -0.133. The fourth-order valence-corrected chi connectivity index (χ4v) is 5.27. The Labute approximate surface area is 313 Å². The molecular weight excluding hydrogens is 657 g/mol. The average molecular weight is 705 g/mol. The van der Waals surface area contributed by atoms with Crippen LogP contribution in [0.4, 0.5) is 17.1 Å². The second kappa shape index (κ2) is 17.3. The van der Waals surface area contributed by atoms with Crippen LogP contribution in [0.5, 0.6) is 11.5 Å². The third-order valence-electron chi connectivity index (χ3n) is 8.49. The van der Waals surface area contributed by atoms with Gasteiger partial charge in [-0.15, -0.1) is 0 Å². The molecule has 53 heavy (non-hydrogen) atoms. The van der Waals surface area contributed by atoms with Crippen molar-refractivity contribution in [1.29, 1.82) is 0 Å². The summed E-state index contributed by atoms with van der Waals surface area (Å²) < 4.78 is 5.69. The smallest absolute Gasteiger partial charge is 0.255 e. The Hall–Kier alpha value is -6.21. The van der Waals surface area contributed by atoms with Crippen molar-refractivity contribution in [3.63, 3.8) is 0 Å². The lowest BCUT2D eigenvalue weighted by molar-refractivity contribution is 0.101. The first-order valence-corrected chi connectivity index (χ1v) is 17.7. The van der Waals surface area contributed by atoms with Gasteiger partial charge in [0.15, 0.2) is 0 Å². The van der Waals surface area contributed by atoms with Crippen LogP contribution in [-0.2, 0) is 17.4 Å². The fraction of sp³-hybridized carbons (Fsp3) is 0.196. The van der Waals surface area contributed by atoms with Gasteiger partial charge in [0.2, 0.25) is 0 Å². The Bertz CT molecular complexity index is 2050. The lowest BCUT2D eigenvalue weighted by atomic mass is 9.86. The minimum absolute atomic E-state index is 0.0686. The second-order valence-electron chi connectivity index (χ2n) is 14.8. The molecule has 3 N–H and O–H groups in total. The highest BCUT2D eigenvalue weighted by Crippen LogP contribution is 2.25. The number of nitrogens with zero attached hydrogens (tertiary/aromatic N) is 1. The molecule has 6 rings (SSSR count). The van der Waals surface area contributed by atoms with Gasteiger partial charge in [0.1, 0.15) is 11.5 Å². The van der Waals surface area contributed by atoms with Gasteiger partial charge >= 0.3 is 0 Å². The topological polar surface area (TPSA) is 92.4 Å². The lowest BCUT2D eigenvalue weighted by Gasteiger charge is -2.19. The van der Waals surface area contributed by atoms with E-state index in [0.29, 0.717) is 28.3 Å². The number of pyridine rings is 1. The van der Waals surface area contributed by atoms with Crippen LogP contribution < -0.4 is 20.7 Å². The number of aromatic nitrogens is 1. The number of benzene rings is 5. The zero-order valence-electron chi connectivity index (χ0n) is 31.3. The molecule has 0 spiro atoms. The summed E-state index contributed by atoms with van der Waals surface area (Å²) in [5.41, 5.74) is 7.63. The molecule has 0 radical (unpaired) electrons. The van der Waals surface area contributed by atoms with Gasteiger partial charge in [0.25, 0.3) is 11.8 Å². The first kappa shape index (κ1) is 38.0. The monoisotopic (exact) mass is 704 g/mol. The van der Waals surface area contributed by atoms with Gasteiger partial charge in [-0.25, -0.2) is 0 Å². The molecule has 0 aliphatic heterocycles. The van der Waals surface area contributed by atoms with Crippen LogP contribution in [0.2, 0.25) is 0 Å². The van der Waals surface area contributed by atoms with Crippen LogP contribution in [0.3, 0.4) is 0 Å². The molecule has 7 heteroatoms. The molecule has 6 aromatic rings. The molecule has 0 saturated carbocycles. The standard InChI is InChI=1S/C24H26N2O.C22H22N2O2/c1-24(2,3)20-13-11-19(12-14-20)23(27)26-22-15-9-18(10-16-22)17-25-21-7-5-4-6-8-21;1-22(2,3)17-8-6-16(7-9-17)21(25)24-18-10-12-19(13-11-18)26-20-5-4-14-23-15-20/h4-16,25H,17H2,1-3H3,(H,26,27);4-15H,1-3H3,(H,24,25). The molecule has 0 saturated heterocycles. The first-order chi connectivity index (χ1) is 25.3. The van der Waals surface area contributed by atoms with Gasteiger partial charge in [-0.2, -0.15) is 0 Å². The molecule has 2 amide bonds. The summed E-state index contributed by atoms with van der Waals surface area (Å²) in [5, 5.41) is 9.24. The van der Waals surface area contributed by atoms with Gasteiger partial charge < -0.3 is 20.7 Å². The lowest BCUT2D eigenvalue weighted by Crippen LogP contribution is -2.14. The maximum absolute atomic E-state index is 12.4. The summed E-state index contributed by atoms with van der Waals surface area (Å²) in [7, 11) is 0. The highest BCUT2D eigenvalue weighted by Gasteiger charge is 2.16. The minimum Gasteiger partial charge on any atom is -0.456 e. The summed E-state index contributed by atoms with van der Waals surface area (Å²) in [4.78, 5) is 28.9. The molecule has 0 unspecified atom stereocenters. The van der Waals surface area contributed by atoms with E-state index in [-0.39, 0.29) is 22.6 Å². The van der Waals surface area contributed by atoms with Gasteiger partial charge in [0, 0.05) is 40.9 Å². The number of carbonyl (C=O) groups excluding carboxylic acids is 2. The average Bonchev–Trinajstić information content (AvgIpc) is 3.16. The first-order valence-electron chi connectivity index (χ1n) is 17.7. The van der Waals surface area contributed by atoms with E-state index < -0.39 is 0 Å². The van der Waals surface area contributed by atoms with Crippen LogP contribution in [0.1, 0.15) is 78.9 Å². The number of ether oxygens (including phenoxy) is 1. The van der Waals surface area contributed by atoms with E-state index in [1.165, 1.54) is 11.1 Å². The highest BCUT2D eigenvalue weighted by molar-refractivity contribution is 6.05. The molecule has 1 aromatic heterocycles. The summed E-state index contributed by atoms with van der Waals surface area (Å²) in [6.45, 7) is 13.7. The maximum Gasteiger partial charge on any atom is 0.255 e. The van der Waals surface area contributed by atoms with E-state index in [9.17, 15) is 9.59 Å². The molecule has 0 bridgehead atoms. The van der Waals surface area contributed by atoms with Crippen molar-refractivity contribution < 1.29 is 14.3 Å². The van der Waals surface area contributed by atoms with Crippen LogP contribution in [0, 0.1) is 0 Å². The predicted octanol–water partition coefficient (Wildman–Crippen LogP) is 11.3. The van der Waals surface area contributed by atoms with Crippen molar-refractivity contribution in [2.24, 2.45) is 0 Å². The van der Waals surface area contributed by atoms with Gasteiger partial charge in [-0.05, 0) is 112 Å². The summed E-state index contributed by atoms with van der Waals surface area (Å²) >= 11 is 0. The van der Waals surface area contributed by atoms with Crippen molar-refractivity contribution in [2.45, 2.75) is 58.9 Å². The molecule has 0 aliphatic carbocycles. The second-order valence-corrected chi connectivity index (χ2v) is 14.8. The number of carbonyl (C=O) groups is 2. The molecule has 0 aliphatic rings. The number of rotatable bonds is 9. The number of anilines is 3. The van der Waals surface area contributed by atoms with Crippen molar-refractivity contribution in [1.82, 2.24) is 4.98 Å². The Kier molecular flexibility index (Phi) is 12.4. The van der Waals surface area contributed by atoms with Gasteiger partial charge in [0.05, 0.1) is 6.20 Å². The van der Waals surface area contributed by atoms with E-state index in [4.69, 9.17) is 4.74 Å². The highest BCUT2D eigenvalue weighted by atomic mass is 16.5. The zero-order valence-corrected chi connectivity index (χ0v) is 31.3. The predicted molar refractivity (Wildman–Crippen MR) is 217 cm³/mol. The quantitative estimate of drug-likeness (QED) is 0.139. The van der Waals surface area contributed by atoms with Crippen LogP contribution in [0.15, 0.2) is 152 Å². The zero-order chi connectivity index (χ0) is 37.8. The molecule has 270 valence electrons. The molecular formula is C46H48N4O3. The Morgan fingerprint density at radius 2 is 1.02 bits per heavy atom. The van der Waals surface area contributed by atoms with Crippen molar-refractivity contribution in [3.8, 4) is 11.5 Å². The SMILES string of the molecule is CC(C)(C)c1ccc(C(=O)Nc2ccc(CNc3ccccc3)cc2)cc1.CC(C)(C)c1ccc(C(=O)Nc2ccc(Oc3cccnc3)cc2)cc1. The molecule has 5 aromatic carbocycles. The van der Waals surface area contributed by atoms with Crippen LogP contribution >= 0.6 is 0 Å². The summed E-state index contributed by atoms with van der Waals surface area (Å²) in [5.74, 6) is 1.13. The fourth-order valence-electron chi connectivity index (χ4n) is 5.27. The summed E-state index contributed by atoms with van der Waals surface area (Å²) in [6, 6.07) is 44.4. The van der Waals surface area contributed by atoms with Crippen molar-refractivity contribution in [3.05, 3.63) is 180 Å². The maximum atomic E-state index is 12.4. The number of nitrogens with one attached hydrogen (secondary N) is 3. The Balaban J connectivity index is 0.000000204. The van der Waals surface area contributed by atoms with E-state index in [0.717, 1.165) is 23.5 Å². The largest absolute Gasteiger partial charge is 0.456 e. The Morgan fingerprint density at radius 1 is 0.528 bits per heavy atom.